The fraction of sp³-hybridized carbons (Fsp3) is 0.800. The highest BCUT2D eigenvalue weighted by Gasteiger charge is 2.36. The van der Waals surface area contributed by atoms with Crippen LogP contribution < -0.4 is 0 Å². The van der Waals surface area contributed by atoms with Crippen LogP contribution in [0.15, 0.2) is 5.38 Å². The fourth-order valence-corrected chi connectivity index (χ4v) is 3.91. The number of nitrogens with zero attached hydrogens (tertiary/aromatic N) is 4. The van der Waals surface area contributed by atoms with E-state index in [9.17, 15) is 4.79 Å². The second-order valence-corrected chi connectivity index (χ2v) is 7.13. The molecule has 1 aromatic heterocycles. The average Bonchev–Trinajstić information content (AvgIpc) is 2.93. The zero-order valence-electron chi connectivity index (χ0n) is 13.3. The zero-order chi connectivity index (χ0) is 15.5. The van der Waals surface area contributed by atoms with Gasteiger partial charge in [0, 0.05) is 37.6 Å². The Bertz CT molecular complexity index is 494. The quantitative estimate of drug-likeness (QED) is 0.843. The number of carbonyl (C=O) groups is 1. The Hall–Kier alpha value is -1.05. The number of fused-ring (bicyclic) bond motifs is 1. The molecule has 2 fully saturated rings. The van der Waals surface area contributed by atoms with Crippen LogP contribution in [0.4, 0.5) is 0 Å². The fourth-order valence-electron chi connectivity index (χ4n) is 3.48. The normalized spacial score (nSPS) is 26.8. The second kappa shape index (κ2) is 7.02. The molecule has 2 aliphatic rings. The van der Waals surface area contributed by atoms with Crippen LogP contribution in [-0.4, -0.2) is 70.2 Å². The van der Waals surface area contributed by atoms with E-state index in [4.69, 9.17) is 4.74 Å². The summed E-state index contributed by atoms with van der Waals surface area (Å²) in [4.78, 5) is 16.9. The first kappa shape index (κ1) is 15.8. The molecule has 0 N–H and O–H groups in total. The number of hydrogen-bond donors (Lipinski definition) is 0. The topological polar surface area (TPSA) is 58.6 Å². The van der Waals surface area contributed by atoms with Gasteiger partial charge in [0.05, 0.1) is 12.7 Å². The number of rotatable bonds is 3. The molecule has 1 aromatic rings. The Morgan fingerprint density at radius 1 is 1.41 bits per heavy atom. The summed E-state index contributed by atoms with van der Waals surface area (Å²) in [6.07, 6.45) is 2.13. The molecule has 0 radical (unpaired) electrons. The highest BCUT2D eigenvalue weighted by atomic mass is 32.1. The summed E-state index contributed by atoms with van der Waals surface area (Å²) in [6.45, 7) is 8.94. The maximum Gasteiger partial charge on any atom is 0.275 e. The molecule has 7 heteroatoms. The van der Waals surface area contributed by atoms with Gasteiger partial charge in [-0.25, -0.2) is 0 Å². The largest absolute Gasteiger partial charge is 0.375 e. The van der Waals surface area contributed by atoms with Crippen molar-refractivity contribution in [2.24, 2.45) is 5.92 Å². The van der Waals surface area contributed by atoms with Crippen molar-refractivity contribution in [3.8, 4) is 0 Å². The Morgan fingerprint density at radius 3 is 2.95 bits per heavy atom. The first-order chi connectivity index (χ1) is 10.6. The third-order valence-corrected chi connectivity index (χ3v) is 4.96. The summed E-state index contributed by atoms with van der Waals surface area (Å²) in [6, 6.07) is 0.433. The monoisotopic (exact) mass is 324 g/mol. The number of amides is 1. The van der Waals surface area contributed by atoms with Crippen LogP contribution in [0.5, 0.6) is 0 Å². The maximum atomic E-state index is 12.5. The van der Waals surface area contributed by atoms with Crippen molar-refractivity contribution in [1.82, 2.24) is 19.4 Å². The van der Waals surface area contributed by atoms with Gasteiger partial charge in [-0.2, -0.15) is 0 Å². The molecule has 6 nitrogen and oxygen atoms in total. The second-order valence-electron chi connectivity index (χ2n) is 6.53. The summed E-state index contributed by atoms with van der Waals surface area (Å²) in [5.74, 6) is 0.656. The molecule has 0 spiro atoms. The first-order valence-electron chi connectivity index (χ1n) is 8.07. The molecule has 22 heavy (non-hydrogen) atoms. The molecule has 1 amide bonds. The molecule has 0 unspecified atom stereocenters. The number of hydrogen-bond acceptors (Lipinski definition) is 6. The van der Waals surface area contributed by atoms with E-state index in [1.165, 1.54) is 11.5 Å². The predicted molar refractivity (Wildman–Crippen MR) is 85.0 cm³/mol. The lowest BCUT2D eigenvalue weighted by atomic mass is 10.0. The smallest absolute Gasteiger partial charge is 0.275 e. The minimum atomic E-state index is 0.00260. The van der Waals surface area contributed by atoms with Crippen molar-refractivity contribution in [3.63, 3.8) is 0 Å². The Morgan fingerprint density at radius 2 is 2.23 bits per heavy atom. The van der Waals surface area contributed by atoms with E-state index >= 15 is 0 Å². The number of aromatic nitrogens is 2. The van der Waals surface area contributed by atoms with Gasteiger partial charge < -0.3 is 9.64 Å². The lowest BCUT2D eigenvalue weighted by Crippen LogP contribution is -2.52. The van der Waals surface area contributed by atoms with E-state index in [0.717, 1.165) is 45.6 Å². The van der Waals surface area contributed by atoms with Gasteiger partial charge in [0.15, 0.2) is 5.69 Å². The number of likely N-dealkylation sites (tertiary alicyclic amines) is 1. The van der Waals surface area contributed by atoms with E-state index in [1.807, 2.05) is 4.90 Å². The summed E-state index contributed by atoms with van der Waals surface area (Å²) in [5, 5.41) is 5.63. The van der Waals surface area contributed by atoms with Gasteiger partial charge in [0.1, 0.15) is 0 Å². The van der Waals surface area contributed by atoms with Gasteiger partial charge in [-0.3, -0.25) is 9.69 Å². The summed E-state index contributed by atoms with van der Waals surface area (Å²) >= 11 is 1.22. The third-order valence-electron chi connectivity index (χ3n) is 4.45. The van der Waals surface area contributed by atoms with Crippen LogP contribution in [-0.2, 0) is 4.74 Å². The van der Waals surface area contributed by atoms with Crippen molar-refractivity contribution in [2.75, 3.05) is 32.8 Å². The molecule has 0 aromatic carbocycles. The lowest BCUT2D eigenvalue weighted by Gasteiger charge is -2.41. The van der Waals surface area contributed by atoms with Crippen LogP contribution in [0.25, 0.3) is 0 Å². The van der Waals surface area contributed by atoms with Crippen LogP contribution in [0.3, 0.4) is 0 Å². The van der Waals surface area contributed by atoms with Crippen LogP contribution in [0, 0.1) is 5.92 Å². The maximum absolute atomic E-state index is 12.5. The molecule has 0 aliphatic carbocycles. The number of carbonyl (C=O) groups excluding carboxylic acids is 1. The van der Waals surface area contributed by atoms with Crippen molar-refractivity contribution < 1.29 is 9.53 Å². The number of ether oxygens (including phenoxy) is 1. The van der Waals surface area contributed by atoms with Crippen molar-refractivity contribution in [1.29, 1.82) is 0 Å². The van der Waals surface area contributed by atoms with E-state index in [1.54, 1.807) is 5.38 Å². The Labute approximate surface area is 135 Å². The van der Waals surface area contributed by atoms with Gasteiger partial charge in [-0.15, -0.1) is 5.10 Å². The summed E-state index contributed by atoms with van der Waals surface area (Å²) in [5.41, 5.74) is 0.467. The van der Waals surface area contributed by atoms with E-state index in [-0.39, 0.29) is 12.0 Å². The lowest BCUT2D eigenvalue weighted by molar-refractivity contribution is -0.0745. The summed E-state index contributed by atoms with van der Waals surface area (Å²) < 4.78 is 9.78. The standard InChI is InChI=1S/C15H24N4O2S/c1-11(2)9-19-7-8-21-14-4-6-18(5-3-13(14)19)15(20)12-10-22-17-16-12/h10-11,13-14H,3-9H2,1-2H3/t13-,14-/m1/s1. The minimum Gasteiger partial charge on any atom is -0.375 e. The van der Waals surface area contributed by atoms with Gasteiger partial charge in [-0.1, -0.05) is 18.3 Å². The summed E-state index contributed by atoms with van der Waals surface area (Å²) in [7, 11) is 0. The highest BCUT2D eigenvalue weighted by Crippen LogP contribution is 2.25. The molecule has 3 heterocycles. The van der Waals surface area contributed by atoms with Crippen molar-refractivity contribution in [2.45, 2.75) is 38.8 Å². The molecule has 2 aliphatic heterocycles. The van der Waals surface area contributed by atoms with Crippen LogP contribution >= 0.6 is 11.5 Å². The minimum absolute atomic E-state index is 0.00260. The molecule has 122 valence electrons. The molecule has 0 bridgehead atoms. The van der Waals surface area contributed by atoms with Gasteiger partial charge in [0.2, 0.25) is 0 Å². The van der Waals surface area contributed by atoms with Gasteiger partial charge >= 0.3 is 0 Å². The van der Waals surface area contributed by atoms with E-state index < -0.39 is 0 Å². The van der Waals surface area contributed by atoms with E-state index in [2.05, 4.69) is 28.3 Å². The van der Waals surface area contributed by atoms with Crippen molar-refractivity contribution in [3.05, 3.63) is 11.1 Å². The van der Waals surface area contributed by atoms with Gasteiger partial charge in [0.25, 0.3) is 5.91 Å². The van der Waals surface area contributed by atoms with Gasteiger partial charge in [-0.05, 0) is 30.3 Å². The van der Waals surface area contributed by atoms with Crippen LogP contribution in [0.1, 0.15) is 37.2 Å². The molecule has 0 saturated carbocycles. The Kier molecular flexibility index (Phi) is 5.05. The third kappa shape index (κ3) is 3.47. The molecule has 3 rings (SSSR count). The molecule has 2 saturated heterocycles. The highest BCUT2D eigenvalue weighted by molar-refractivity contribution is 7.03. The van der Waals surface area contributed by atoms with E-state index in [0.29, 0.717) is 17.7 Å². The molecular weight excluding hydrogens is 300 g/mol. The molecular formula is C15H24N4O2S. The number of morpholine rings is 1. The average molecular weight is 324 g/mol. The first-order valence-corrected chi connectivity index (χ1v) is 8.91. The van der Waals surface area contributed by atoms with Crippen molar-refractivity contribution >= 4 is 17.4 Å². The van der Waals surface area contributed by atoms with Crippen LogP contribution in [0.2, 0.25) is 0 Å². The zero-order valence-corrected chi connectivity index (χ0v) is 14.1. The Balaban J connectivity index is 1.66. The molecule has 2 atom stereocenters. The SMILES string of the molecule is CC(C)CN1CCO[C@@H]2CCN(C(=O)c3csnn3)CC[C@H]21. The predicted octanol–water partition coefficient (Wildman–Crippen LogP) is 1.50.